The molecular formula is C9H17NO4. The summed E-state index contributed by atoms with van der Waals surface area (Å²) < 4.78 is 0. The van der Waals surface area contributed by atoms with Crippen molar-refractivity contribution in [3.05, 3.63) is 0 Å². The van der Waals surface area contributed by atoms with E-state index in [4.69, 9.17) is 10.2 Å². The number of hydrogen-bond acceptors (Lipinski definition) is 3. The van der Waals surface area contributed by atoms with Gasteiger partial charge in [0.05, 0.1) is 6.61 Å². The van der Waals surface area contributed by atoms with Crippen molar-refractivity contribution < 1.29 is 19.8 Å². The molecule has 0 heterocycles. The standard InChI is InChI=1S/C9H17NO4/c1-5(2)6(3)8(12)10-7(4-11)9(13)14/h5-7,11H,4H2,1-3H3,(H,10,12)(H,13,14). The lowest BCUT2D eigenvalue weighted by molar-refractivity contribution is -0.143. The van der Waals surface area contributed by atoms with E-state index in [1.807, 2.05) is 13.8 Å². The summed E-state index contributed by atoms with van der Waals surface area (Å²) in [6.45, 7) is 4.88. The number of aliphatic hydroxyl groups is 1. The van der Waals surface area contributed by atoms with Crippen LogP contribution in [0.1, 0.15) is 20.8 Å². The molecule has 5 heteroatoms. The van der Waals surface area contributed by atoms with Crippen LogP contribution in [0.5, 0.6) is 0 Å². The first-order chi connectivity index (χ1) is 6.40. The van der Waals surface area contributed by atoms with Gasteiger partial charge in [0, 0.05) is 5.92 Å². The summed E-state index contributed by atoms with van der Waals surface area (Å²) in [5.74, 6) is -1.69. The third-order valence-electron chi connectivity index (χ3n) is 2.21. The van der Waals surface area contributed by atoms with E-state index in [-0.39, 0.29) is 17.7 Å². The van der Waals surface area contributed by atoms with Crippen LogP contribution in [0.15, 0.2) is 0 Å². The zero-order valence-electron chi connectivity index (χ0n) is 8.65. The van der Waals surface area contributed by atoms with Gasteiger partial charge in [-0.1, -0.05) is 20.8 Å². The molecule has 14 heavy (non-hydrogen) atoms. The van der Waals surface area contributed by atoms with Crippen LogP contribution in [0.4, 0.5) is 0 Å². The number of carbonyl (C=O) groups excluding carboxylic acids is 1. The van der Waals surface area contributed by atoms with Crippen LogP contribution in [-0.2, 0) is 9.59 Å². The molecule has 0 rings (SSSR count). The fourth-order valence-corrected chi connectivity index (χ4v) is 0.791. The summed E-state index contributed by atoms with van der Waals surface area (Å²) in [4.78, 5) is 21.9. The van der Waals surface area contributed by atoms with Crippen molar-refractivity contribution in [3.8, 4) is 0 Å². The molecule has 2 unspecified atom stereocenters. The summed E-state index contributed by atoms with van der Waals surface area (Å²) in [6, 6.07) is -1.20. The van der Waals surface area contributed by atoms with Gasteiger partial charge in [0.2, 0.25) is 5.91 Å². The van der Waals surface area contributed by atoms with E-state index in [0.717, 1.165) is 0 Å². The Labute approximate surface area is 83.1 Å². The summed E-state index contributed by atoms with van der Waals surface area (Å²) in [5, 5.41) is 19.5. The number of hydrogen-bond donors (Lipinski definition) is 3. The normalized spacial score (nSPS) is 14.9. The Balaban J connectivity index is 4.22. The van der Waals surface area contributed by atoms with Gasteiger partial charge in [0.15, 0.2) is 0 Å². The third kappa shape index (κ3) is 3.74. The van der Waals surface area contributed by atoms with Gasteiger partial charge in [-0.2, -0.15) is 0 Å². The lowest BCUT2D eigenvalue weighted by Gasteiger charge is -2.18. The van der Waals surface area contributed by atoms with Gasteiger partial charge in [-0.05, 0) is 5.92 Å². The molecule has 0 aliphatic carbocycles. The van der Waals surface area contributed by atoms with E-state index in [1.165, 1.54) is 0 Å². The largest absolute Gasteiger partial charge is 0.480 e. The van der Waals surface area contributed by atoms with Crippen LogP contribution in [0.3, 0.4) is 0 Å². The molecule has 2 atom stereocenters. The van der Waals surface area contributed by atoms with Crippen molar-refractivity contribution in [1.29, 1.82) is 0 Å². The second-order valence-corrected chi connectivity index (χ2v) is 3.61. The molecule has 0 saturated carbocycles. The fraction of sp³-hybridized carbons (Fsp3) is 0.778. The van der Waals surface area contributed by atoms with Crippen LogP contribution in [-0.4, -0.2) is 34.7 Å². The molecule has 0 aromatic rings. The van der Waals surface area contributed by atoms with Gasteiger partial charge >= 0.3 is 5.97 Å². The number of aliphatic carboxylic acids is 1. The number of amides is 1. The smallest absolute Gasteiger partial charge is 0.328 e. The highest BCUT2D eigenvalue weighted by atomic mass is 16.4. The predicted molar refractivity (Wildman–Crippen MR) is 50.7 cm³/mol. The van der Waals surface area contributed by atoms with Gasteiger partial charge in [0.1, 0.15) is 6.04 Å². The number of carbonyl (C=O) groups is 2. The van der Waals surface area contributed by atoms with Crippen molar-refractivity contribution in [2.45, 2.75) is 26.8 Å². The monoisotopic (exact) mass is 203 g/mol. The van der Waals surface area contributed by atoms with E-state index in [1.54, 1.807) is 6.92 Å². The zero-order chi connectivity index (χ0) is 11.3. The van der Waals surface area contributed by atoms with Gasteiger partial charge in [-0.3, -0.25) is 4.79 Å². The van der Waals surface area contributed by atoms with Crippen LogP contribution >= 0.6 is 0 Å². The third-order valence-corrected chi connectivity index (χ3v) is 2.21. The van der Waals surface area contributed by atoms with Crippen LogP contribution in [0.25, 0.3) is 0 Å². The minimum absolute atomic E-state index is 0.142. The molecule has 5 nitrogen and oxygen atoms in total. The van der Waals surface area contributed by atoms with Crippen molar-refractivity contribution in [3.63, 3.8) is 0 Å². The maximum absolute atomic E-state index is 11.4. The van der Waals surface area contributed by atoms with Crippen LogP contribution in [0, 0.1) is 11.8 Å². The zero-order valence-corrected chi connectivity index (χ0v) is 8.65. The summed E-state index contributed by atoms with van der Waals surface area (Å²) in [6.07, 6.45) is 0. The van der Waals surface area contributed by atoms with Crippen molar-refractivity contribution >= 4 is 11.9 Å². The van der Waals surface area contributed by atoms with E-state index < -0.39 is 18.6 Å². The van der Waals surface area contributed by atoms with Crippen LogP contribution in [0.2, 0.25) is 0 Å². The highest BCUT2D eigenvalue weighted by molar-refractivity contribution is 5.84. The fourth-order valence-electron chi connectivity index (χ4n) is 0.791. The van der Waals surface area contributed by atoms with Gasteiger partial charge in [0.25, 0.3) is 0 Å². The van der Waals surface area contributed by atoms with Crippen molar-refractivity contribution in [1.82, 2.24) is 5.32 Å². The highest BCUT2D eigenvalue weighted by Crippen LogP contribution is 2.09. The second-order valence-electron chi connectivity index (χ2n) is 3.61. The van der Waals surface area contributed by atoms with Gasteiger partial charge < -0.3 is 15.5 Å². The molecule has 0 radical (unpaired) electrons. The molecule has 0 fully saturated rings. The Hall–Kier alpha value is -1.10. The van der Waals surface area contributed by atoms with E-state index in [2.05, 4.69) is 5.32 Å². The number of carboxylic acids is 1. The Morgan fingerprint density at radius 3 is 2.07 bits per heavy atom. The molecule has 1 amide bonds. The van der Waals surface area contributed by atoms with Gasteiger partial charge in [-0.25, -0.2) is 4.79 Å². The molecule has 0 aromatic carbocycles. The highest BCUT2D eigenvalue weighted by Gasteiger charge is 2.23. The summed E-state index contributed by atoms with van der Waals surface area (Å²) in [7, 11) is 0. The molecule has 82 valence electrons. The van der Waals surface area contributed by atoms with Crippen molar-refractivity contribution in [2.75, 3.05) is 6.61 Å². The first kappa shape index (κ1) is 12.9. The topological polar surface area (TPSA) is 86.6 Å². The number of nitrogens with one attached hydrogen (secondary N) is 1. The van der Waals surface area contributed by atoms with E-state index in [0.29, 0.717) is 0 Å². The predicted octanol–water partition coefficient (Wildman–Crippen LogP) is -0.160. The second kappa shape index (κ2) is 5.59. The number of rotatable bonds is 5. The average molecular weight is 203 g/mol. The van der Waals surface area contributed by atoms with Crippen molar-refractivity contribution in [2.24, 2.45) is 11.8 Å². The molecule has 0 saturated heterocycles. The molecule has 0 aliphatic rings. The maximum atomic E-state index is 11.4. The SMILES string of the molecule is CC(C)C(C)C(=O)NC(CO)C(=O)O. The summed E-state index contributed by atoms with van der Waals surface area (Å²) >= 11 is 0. The number of aliphatic hydroxyl groups excluding tert-OH is 1. The first-order valence-electron chi connectivity index (χ1n) is 4.54. The lowest BCUT2D eigenvalue weighted by Crippen LogP contribution is -2.46. The quantitative estimate of drug-likeness (QED) is 0.579. The van der Waals surface area contributed by atoms with E-state index in [9.17, 15) is 9.59 Å². The Morgan fingerprint density at radius 2 is 1.79 bits per heavy atom. The molecule has 0 aromatic heterocycles. The molecule has 0 aliphatic heterocycles. The molecule has 3 N–H and O–H groups in total. The Kier molecular flexibility index (Phi) is 5.15. The average Bonchev–Trinajstić information content (AvgIpc) is 2.11. The minimum atomic E-state index is -1.23. The first-order valence-corrected chi connectivity index (χ1v) is 4.54. The molecular weight excluding hydrogens is 186 g/mol. The minimum Gasteiger partial charge on any atom is -0.480 e. The lowest BCUT2D eigenvalue weighted by atomic mass is 9.97. The molecule has 0 bridgehead atoms. The van der Waals surface area contributed by atoms with Gasteiger partial charge in [-0.15, -0.1) is 0 Å². The Morgan fingerprint density at radius 1 is 1.29 bits per heavy atom. The Bertz CT molecular complexity index is 215. The van der Waals surface area contributed by atoms with E-state index >= 15 is 0 Å². The van der Waals surface area contributed by atoms with Crippen LogP contribution < -0.4 is 5.32 Å². The maximum Gasteiger partial charge on any atom is 0.328 e. The number of carboxylic acid groups (broad SMARTS) is 1. The molecule has 0 spiro atoms. The summed E-state index contributed by atoms with van der Waals surface area (Å²) in [5.41, 5.74) is 0.